The number of nitrogens with zero attached hydrogens (tertiary/aromatic N) is 2. The molecule has 1 aromatic carbocycles. The van der Waals surface area contributed by atoms with Gasteiger partial charge in [0.15, 0.2) is 5.82 Å². The van der Waals surface area contributed by atoms with Gasteiger partial charge in [0, 0.05) is 5.56 Å². The zero-order valence-electron chi connectivity index (χ0n) is 11.5. The van der Waals surface area contributed by atoms with Gasteiger partial charge in [-0.1, -0.05) is 43.0 Å². The van der Waals surface area contributed by atoms with E-state index in [1.807, 2.05) is 12.1 Å². The Labute approximate surface area is 122 Å². The Morgan fingerprint density at radius 1 is 1.30 bits per heavy atom. The molecule has 0 saturated heterocycles. The second-order valence-electron chi connectivity index (χ2n) is 4.11. The van der Waals surface area contributed by atoms with Gasteiger partial charge in [0.25, 0.3) is 0 Å². The Bertz CT molecular complexity index is 566. The van der Waals surface area contributed by atoms with E-state index in [4.69, 9.17) is 4.74 Å². The van der Waals surface area contributed by atoms with Crippen molar-refractivity contribution in [2.45, 2.75) is 25.4 Å². The zero-order valence-corrected chi connectivity index (χ0v) is 12.4. The Hall–Kier alpha value is -1.82. The largest absolute Gasteiger partial charge is 0.465 e. The summed E-state index contributed by atoms with van der Waals surface area (Å²) in [6.45, 7) is 4.30. The second-order valence-corrected chi connectivity index (χ2v) is 5.05. The summed E-state index contributed by atoms with van der Waals surface area (Å²) in [4.78, 5) is 15.6. The van der Waals surface area contributed by atoms with Crippen LogP contribution in [0.1, 0.15) is 19.4 Å². The second kappa shape index (κ2) is 7.09. The lowest BCUT2D eigenvalue weighted by Gasteiger charge is -1.99. The fourth-order valence-electron chi connectivity index (χ4n) is 1.66. The van der Waals surface area contributed by atoms with Crippen molar-refractivity contribution < 1.29 is 9.53 Å². The van der Waals surface area contributed by atoms with Crippen LogP contribution in [0.3, 0.4) is 0 Å². The number of carbonyl (C=O) groups is 1. The Morgan fingerprint density at radius 2 is 2.05 bits per heavy atom. The van der Waals surface area contributed by atoms with Gasteiger partial charge in [-0.3, -0.25) is 9.89 Å². The molecule has 0 radical (unpaired) electrons. The molecule has 2 aromatic rings. The number of carbonyl (C=O) groups excluding carboxylic acids is 1. The normalized spacial score (nSPS) is 10.5. The van der Waals surface area contributed by atoms with Crippen molar-refractivity contribution in [1.29, 1.82) is 0 Å². The van der Waals surface area contributed by atoms with Crippen LogP contribution in [-0.4, -0.2) is 33.5 Å². The first-order valence-electron chi connectivity index (χ1n) is 6.53. The third-order valence-electron chi connectivity index (χ3n) is 2.72. The molecule has 20 heavy (non-hydrogen) atoms. The van der Waals surface area contributed by atoms with Crippen molar-refractivity contribution in [3.63, 3.8) is 0 Å². The summed E-state index contributed by atoms with van der Waals surface area (Å²) in [6, 6.07) is 8.17. The molecule has 106 valence electrons. The summed E-state index contributed by atoms with van der Waals surface area (Å²) in [6.07, 6.45) is 1.01. The number of nitrogens with one attached hydrogen (secondary N) is 1. The van der Waals surface area contributed by atoms with Gasteiger partial charge in [-0.25, -0.2) is 4.98 Å². The highest BCUT2D eigenvalue weighted by atomic mass is 32.2. The van der Waals surface area contributed by atoms with E-state index < -0.39 is 0 Å². The van der Waals surface area contributed by atoms with Crippen LogP contribution in [0.5, 0.6) is 0 Å². The van der Waals surface area contributed by atoms with Crippen molar-refractivity contribution in [3.8, 4) is 11.4 Å². The number of aromatic amines is 1. The summed E-state index contributed by atoms with van der Waals surface area (Å²) in [5.74, 6) is 0.676. The first kappa shape index (κ1) is 14.6. The minimum atomic E-state index is -0.254. The maximum absolute atomic E-state index is 11.3. The van der Waals surface area contributed by atoms with Crippen LogP contribution in [0.25, 0.3) is 11.4 Å². The zero-order chi connectivity index (χ0) is 14.4. The third kappa shape index (κ3) is 3.84. The van der Waals surface area contributed by atoms with Crippen LogP contribution in [0.4, 0.5) is 0 Å². The first-order chi connectivity index (χ1) is 9.72. The average molecular weight is 291 g/mol. The van der Waals surface area contributed by atoms with E-state index in [0.717, 1.165) is 12.0 Å². The van der Waals surface area contributed by atoms with E-state index in [0.29, 0.717) is 17.6 Å². The van der Waals surface area contributed by atoms with Crippen LogP contribution in [0, 0.1) is 0 Å². The Kier molecular flexibility index (Phi) is 5.17. The van der Waals surface area contributed by atoms with E-state index in [9.17, 15) is 4.79 Å². The number of H-pyrrole nitrogens is 1. The van der Waals surface area contributed by atoms with E-state index in [1.165, 1.54) is 17.3 Å². The van der Waals surface area contributed by atoms with E-state index in [-0.39, 0.29) is 11.7 Å². The summed E-state index contributed by atoms with van der Waals surface area (Å²) in [5.41, 5.74) is 2.27. The lowest BCUT2D eigenvalue weighted by molar-refractivity contribution is -0.139. The smallest absolute Gasteiger partial charge is 0.316 e. The monoisotopic (exact) mass is 291 g/mol. The molecule has 2 rings (SSSR count). The molecular weight excluding hydrogens is 274 g/mol. The summed E-state index contributed by atoms with van der Waals surface area (Å²) in [5, 5.41) is 7.52. The van der Waals surface area contributed by atoms with Gasteiger partial charge in [-0.15, -0.1) is 5.10 Å². The number of hydrogen-bond donors (Lipinski definition) is 1. The predicted octanol–water partition coefficient (Wildman–Crippen LogP) is 2.69. The van der Waals surface area contributed by atoms with E-state index in [1.54, 1.807) is 6.92 Å². The highest BCUT2D eigenvalue weighted by Gasteiger charge is 2.09. The molecule has 0 unspecified atom stereocenters. The molecule has 0 spiro atoms. The fourth-order valence-corrected chi connectivity index (χ4v) is 2.26. The number of ether oxygens (including phenoxy) is 1. The first-order valence-corrected chi connectivity index (χ1v) is 7.51. The van der Waals surface area contributed by atoms with Crippen molar-refractivity contribution in [2.75, 3.05) is 12.4 Å². The molecule has 0 saturated carbocycles. The predicted molar refractivity (Wildman–Crippen MR) is 78.6 cm³/mol. The van der Waals surface area contributed by atoms with Crippen molar-refractivity contribution in [2.24, 2.45) is 0 Å². The molecule has 0 aliphatic carbocycles. The molecule has 1 heterocycles. The minimum absolute atomic E-state index is 0.222. The van der Waals surface area contributed by atoms with Crippen molar-refractivity contribution in [1.82, 2.24) is 15.2 Å². The van der Waals surface area contributed by atoms with Gasteiger partial charge in [0.2, 0.25) is 5.16 Å². The molecule has 0 fully saturated rings. The van der Waals surface area contributed by atoms with Gasteiger partial charge < -0.3 is 4.74 Å². The van der Waals surface area contributed by atoms with Gasteiger partial charge in [-0.05, 0) is 18.9 Å². The molecule has 0 bridgehead atoms. The highest BCUT2D eigenvalue weighted by Crippen LogP contribution is 2.19. The molecule has 6 heteroatoms. The van der Waals surface area contributed by atoms with Crippen LogP contribution < -0.4 is 0 Å². The number of aromatic nitrogens is 3. The number of thioether (sulfide) groups is 1. The molecule has 1 N–H and O–H groups in total. The molecule has 0 atom stereocenters. The minimum Gasteiger partial charge on any atom is -0.465 e. The van der Waals surface area contributed by atoms with Crippen LogP contribution >= 0.6 is 11.8 Å². The lowest BCUT2D eigenvalue weighted by atomic mass is 10.1. The van der Waals surface area contributed by atoms with Crippen molar-refractivity contribution in [3.05, 3.63) is 29.8 Å². The maximum Gasteiger partial charge on any atom is 0.316 e. The molecule has 0 amide bonds. The molecular formula is C14H17N3O2S. The molecule has 1 aromatic heterocycles. The molecule has 5 nitrogen and oxygen atoms in total. The lowest BCUT2D eigenvalue weighted by Crippen LogP contribution is -2.06. The van der Waals surface area contributed by atoms with Crippen LogP contribution in [0.15, 0.2) is 29.4 Å². The summed E-state index contributed by atoms with van der Waals surface area (Å²) < 4.78 is 4.86. The van der Waals surface area contributed by atoms with E-state index >= 15 is 0 Å². The van der Waals surface area contributed by atoms with Gasteiger partial charge in [0.05, 0.1) is 12.4 Å². The number of benzene rings is 1. The number of rotatable bonds is 6. The SMILES string of the molecule is CCOC(=O)CSc1n[nH]c(-c2ccc(CC)cc2)n1. The quantitative estimate of drug-likeness (QED) is 0.654. The fraction of sp³-hybridized carbons (Fsp3) is 0.357. The summed E-state index contributed by atoms with van der Waals surface area (Å²) in [7, 11) is 0. The number of hydrogen-bond acceptors (Lipinski definition) is 5. The Morgan fingerprint density at radius 3 is 2.70 bits per heavy atom. The summed E-state index contributed by atoms with van der Waals surface area (Å²) >= 11 is 1.26. The topological polar surface area (TPSA) is 67.9 Å². The average Bonchev–Trinajstić information content (AvgIpc) is 2.94. The van der Waals surface area contributed by atoms with Gasteiger partial charge in [0.1, 0.15) is 0 Å². The van der Waals surface area contributed by atoms with E-state index in [2.05, 4.69) is 34.2 Å². The Balaban J connectivity index is 1.99. The van der Waals surface area contributed by atoms with Gasteiger partial charge in [-0.2, -0.15) is 0 Å². The van der Waals surface area contributed by atoms with Crippen molar-refractivity contribution >= 4 is 17.7 Å². The number of aryl methyl sites for hydroxylation is 1. The molecule has 0 aliphatic heterocycles. The number of esters is 1. The van der Waals surface area contributed by atoms with Crippen LogP contribution in [-0.2, 0) is 16.0 Å². The third-order valence-corrected chi connectivity index (χ3v) is 3.55. The van der Waals surface area contributed by atoms with Crippen LogP contribution in [0.2, 0.25) is 0 Å². The van der Waals surface area contributed by atoms with Gasteiger partial charge >= 0.3 is 5.97 Å². The standard InChI is InChI=1S/C14H17N3O2S/c1-3-10-5-7-11(8-6-10)13-15-14(17-16-13)20-9-12(18)19-4-2/h5-8H,3-4,9H2,1-2H3,(H,15,16,17). The molecule has 0 aliphatic rings. The maximum atomic E-state index is 11.3. The highest BCUT2D eigenvalue weighted by molar-refractivity contribution is 7.99.